The van der Waals surface area contributed by atoms with Gasteiger partial charge in [-0.15, -0.1) is 0 Å². The molecule has 2 rings (SSSR count). The fourth-order valence-corrected chi connectivity index (χ4v) is 2.29. The summed E-state index contributed by atoms with van der Waals surface area (Å²) in [4.78, 5) is 23.8. The molecule has 25 heavy (non-hydrogen) atoms. The third kappa shape index (κ3) is 4.96. The molecule has 0 aliphatic heterocycles. The van der Waals surface area contributed by atoms with Gasteiger partial charge in [-0.05, 0) is 36.8 Å². The zero-order chi connectivity index (χ0) is 18.6. The largest absolute Gasteiger partial charge is 0.418 e. The molecule has 0 saturated heterocycles. The number of anilines is 2. The molecule has 0 aromatic heterocycles. The summed E-state index contributed by atoms with van der Waals surface area (Å²) in [5, 5.41) is 5.07. The molecule has 2 aromatic rings. The van der Waals surface area contributed by atoms with Crippen molar-refractivity contribution in [2.45, 2.75) is 19.5 Å². The first-order valence-corrected chi connectivity index (χ1v) is 7.57. The van der Waals surface area contributed by atoms with Crippen molar-refractivity contribution in [1.29, 1.82) is 0 Å². The molecule has 0 aliphatic carbocycles. The summed E-state index contributed by atoms with van der Waals surface area (Å²) in [5.74, 6) is -1.51. The second-order valence-corrected chi connectivity index (χ2v) is 5.64. The average Bonchev–Trinajstić information content (AvgIpc) is 2.51. The van der Waals surface area contributed by atoms with Crippen LogP contribution >= 0.6 is 11.6 Å². The molecule has 2 aromatic carbocycles. The zero-order valence-electron chi connectivity index (χ0n) is 13.1. The third-order valence-electron chi connectivity index (χ3n) is 3.37. The third-order valence-corrected chi connectivity index (χ3v) is 3.78. The maximum Gasteiger partial charge on any atom is 0.418 e. The maximum absolute atomic E-state index is 12.9. The van der Waals surface area contributed by atoms with Crippen LogP contribution in [0.4, 0.5) is 24.5 Å². The van der Waals surface area contributed by atoms with Crippen LogP contribution in [0.25, 0.3) is 0 Å². The van der Waals surface area contributed by atoms with Crippen molar-refractivity contribution in [3.63, 3.8) is 0 Å². The summed E-state index contributed by atoms with van der Waals surface area (Å²) < 4.78 is 38.7. The van der Waals surface area contributed by atoms with Crippen molar-refractivity contribution in [3.05, 3.63) is 58.6 Å². The minimum absolute atomic E-state index is 0.397. The Hall–Kier alpha value is -2.54. The highest BCUT2D eigenvalue weighted by atomic mass is 35.5. The van der Waals surface area contributed by atoms with E-state index < -0.39 is 35.7 Å². The quantitative estimate of drug-likeness (QED) is 0.771. The molecule has 0 bridgehead atoms. The number of hydrogen-bond donors (Lipinski definition) is 2. The predicted molar refractivity (Wildman–Crippen MR) is 89.5 cm³/mol. The maximum atomic E-state index is 12.9. The Balaban J connectivity index is 2.04. The molecule has 0 saturated carbocycles. The molecule has 0 heterocycles. The lowest BCUT2D eigenvalue weighted by atomic mass is 10.1. The van der Waals surface area contributed by atoms with Gasteiger partial charge in [-0.3, -0.25) is 9.59 Å². The van der Waals surface area contributed by atoms with Crippen LogP contribution < -0.4 is 10.6 Å². The average molecular weight is 371 g/mol. The molecule has 2 N–H and O–H groups in total. The van der Waals surface area contributed by atoms with Crippen LogP contribution in [0.5, 0.6) is 0 Å². The molecule has 132 valence electrons. The molecule has 0 aliphatic rings. The smallest absolute Gasteiger partial charge is 0.325 e. The molecule has 0 unspecified atom stereocenters. The lowest BCUT2D eigenvalue weighted by Crippen LogP contribution is -2.23. The number of amides is 2. The van der Waals surface area contributed by atoms with E-state index in [2.05, 4.69) is 10.6 Å². The van der Waals surface area contributed by atoms with E-state index in [1.165, 1.54) is 12.1 Å². The van der Waals surface area contributed by atoms with Gasteiger partial charge in [-0.25, -0.2) is 0 Å². The molecule has 8 heteroatoms. The number of alkyl halides is 3. The molecule has 0 fully saturated rings. The van der Waals surface area contributed by atoms with Gasteiger partial charge in [0.1, 0.15) is 6.42 Å². The van der Waals surface area contributed by atoms with Crippen molar-refractivity contribution in [2.75, 3.05) is 10.6 Å². The van der Waals surface area contributed by atoms with E-state index in [1.807, 2.05) is 0 Å². The van der Waals surface area contributed by atoms with Crippen LogP contribution in [0, 0.1) is 6.92 Å². The normalized spacial score (nSPS) is 11.1. The van der Waals surface area contributed by atoms with E-state index in [1.54, 1.807) is 25.1 Å². The Morgan fingerprint density at radius 2 is 1.52 bits per heavy atom. The predicted octanol–water partition coefficient (Wildman–Crippen LogP) is 4.63. The number of carbonyl (C=O) groups is 2. The van der Waals surface area contributed by atoms with Crippen molar-refractivity contribution in [3.8, 4) is 0 Å². The lowest BCUT2D eigenvalue weighted by Gasteiger charge is -2.13. The molecular weight excluding hydrogens is 357 g/mol. The highest BCUT2D eigenvalue weighted by molar-refractivity contribution is 6.31. The fourth-order valence-electron chi connectivity index (χ4n) is 2.12. The van der Waals surface area contributed by atoms with Crippen molar-refractivity contribution >= 4 is 34.8 Å². The van der Waals surface area contributed by atoms with Gasteiger partial charge in [0.15, 0.2) is 0 Å². The van der Waals surface area contributed by atoms with Gasteiger partial charge >= 0.3 is 6.18 Å². The molecule has 4 nitrogen and oxygen atoms in total. The van der Waals surface area contributed by atoms with Crippen LogP contribution in [0.1, 0.15) is 17.5 Å². The summed E-state index contributed by atoms with van der Waals surface area (Å²) in [7, 11) is 0. The molecule has 0 radical (unpaired) electrons. The van der Waals surface area contributed by atoms with E-state index in [0.717, 1.165) is 12.1 Å². The molecule has 2 amide bonds. The Bertz CT molecular complexity index is 807. The van der Waals surface area contributed by atoms with E-state index in [0.29, 0.717) is 16.3 Å². The number of halogens is 4. The van der Waals surface area contributed by atoms with Crippen molar-refractivity contribution in [1.82, 2.24) is 0 Å². The van der Waals surface area contributed by atoms with Crippen molar-refractivity contribution < 1.29 is 22.8 Å². The SMILES string of the molecule is Cc1c(Cl)cccc1NC(=O)CC(=O)Nc1ccccc1C(F)(F)F. The van der Waals surface area contributed by atoms with E-state index >= 15 is 0 Å². The van der Waals surface area contributed by atoms with Gasteiger partial charge in [-0.2, -0.15) is 13.2 Å². The van der Waals surface area contributed by atoms with Gasteiger partial charge in [0.05, 0.1) is 11.3 Å². The molecule has 0 spiro atoms. The summed E-state index contributed by atoms with van der Waals surface area (Å²) >= 11 is 5.93. The summed E-state index contributed by atoms with van der Waals surface area (Å²) in [6, 6.07) is 9.44. The van der Waals surface area contributed by atoms with E-state index in [4.69, 9.17) is 11.6 Å². The number of hydrogen-bond acceptors (Lipinski definition) is 2. The van der Waals surface area contributed by atoms with E-state index in [-0.39, 0.29) is 0 Å². The summed E-state index contributed by atoms with van der Waals surface area (Å²) in [6.07, 6.45) is -5.23. The summed E-state index contributed by atoms with van der Waals surface area (Å²) in [6.45, 7) is 1.69. The topological polar surface area (TPSA) is 58.2 Å². The van der Waals surface area contributed by atoms with E-state index in [9.17, 15) is 22.8 Å². The second-order valence-electron chi connectivity index (χ2n) is 5.23. The first-order chi connectivity index (χ1) is 11.7. The number of benzene rings is 2. The standard InChI is InChI=1S/C17H14ClF3N2O2/c1-10-12(18)6-4-8-13(10)22-15(24)9-16(25)23-14-7-3-2-5-11(14)17(19,20)21/h2-8H,9H2,1H3,(H,22,24)(H,23,25). The Morgan fingerprint density at radius 3 is 2.16 bits per heavy atom. The molecule has 0 atom stereocenters. The number of para-hydroxylation sites is 1. The minimum atomic E-state index is -4.61. The van der Waals surface area contributed by atoms with Gasteiger partial charge < -0.3 is 10.6 Å². The fraction of sp³-hybridized carbons (Fsp3) is 0.176. The zero-order valence-corrected chi connectivity index (χ0v) is 13.8. The Morgan fingerprint density at radius 1 is 0.960 bits per heavy atom. The van der Waals surface area contributed by atoms with Crippen LogP contribution in [-0.4, -0.2) is 11.8 Å². The molecular formula is C17H14ClF3N2O2. The van der Waals surface area contributed by atoms with Crippen LogP contribution in [0.15, 0.2) is 42.5 Å². The van der Waals surface area contributed by atoms with Crippen molar-refractivity contribution in [2.24, 2.45) is 0 Å². The number of nitrogens with one attached hydrogen (secondary N) is 2. The number of rotatable bonds is 4. The second kappa shape index (κ2) is 7.57. The monoisotopic (exact) mass is 370 g/mol. The highest BCUT2D eigenvalue weighted by Crippen LogP contribution is 2.34. The first kappa shape index (κ1) is 18.8. The highest BCUT2D eigenvalue weighted by Gasteiger charge is 2.33. The minimum Gasteiger partial charge on any atom is -0.325 e. The van der Waals surface area contributed by atoms with Gasteiger partial charge in [0.25, 0.3) is 0 Å². The van der Waals surface area contributed by atoms with Crippen LogP contribution in [0.2, 0.25) is 5.02 Å². The van der Waals surface area contributed by atoms with Crippen LogP contribution in [0.3, 0.4) is 0 Å². The Kier molecular flexibility index (Phi) is 5.69. The van der Waals surface area contributed by atoms with Gasteiger partial charge in [0.2, 0.25) is 11.8 Å². The first-order valence-electron chi connectivity index (χ1n) is 7.19. The number of carbonyl (C=O) groups excluding carboxylic acids is 2. The Labute approximate surface area is 147 Å². The van der Waals surface area contributed by atoms with Gasteiger partial charge in [0, 0.05) is 10.7 Å². The lowest BCUT2D eigenvalue weighted by molar-refractivity contribution is -0.137. The van der Waals surface area contributed by atoms with Crippen LogP contribution in [-0.2, 0) is 15.8 Å². The summed E-state index contributed by atoms with van der Waals surface area (Å²) in [5.41, 5.74) is -0.317. The van der Waals surface area contributed by atoms with Gasteiger partial charge in [-0.1, -0.05) is 29.8 Å².